The lowest BCUT2D eigenvalue weighted by Gasteiger charge is -2.37. The van der Waals surface area contributed by atoms with Gasteiger partial charge in [-0.3, -0.25) is 9.69 Å². The highest BCUT2D eigenvalue weighted by Gasteiger charge is 2.27. The van der Waals surface area contributed by atoms with Crippen LogP contribution in [0.15, 0.2) is 0 Å². The predicted molar refractivity (Wildman–Crippen MR) is 56.9 cm³/mol. The van der Waals surface area contributed by atoms with Crippen LogP contribution in [0, 0.1) is 5.92 Å². The van der Waals surface area contributed by atoms with Crippen molar-refractivity contribution in [3.05, 3.63) is 0 Å². The fourth-order valence-corrected chi connectivity index (χ4v) is 1.90. The minimum absolute atomic E-state index is 0.138. The van der Waals surface area contributed by atoms with Gasteiger partial charge in [-0.15, -0.1) is 0 Å². The number of nitrogens with two attached hydrogens (primary N) is 1. The molecule has 3 N–H and O–H groups in total. The van der Waals surface area contributed by atoms with Crippen LogP contribution in [0.1, 0.15) is 20.3 Å². The summed E-state index contributed by atoms with van der Waals surface area (Å²) in [6, 6.07) is 0.472. The maximum atomic E-state index is 11.2. The van der Waals surface area contributed by atoms with Gasteiger partial charge in [-0.05, 0) is 18.9 Å². The van der Waals surface area contributed by atoms with Gasteiger partial charge in [0.25, 0.3) is 0 Å². The summed E-state index contributed by atoms with van der Waals surface area (Å²) in [5.74, 6) is 0.715. The van der Waals surface area contributed by atoms with Crippen molar-refractivity contribution in [1.29, 1.82) is 0 Å². The number of carbonyl (C=O) groups is 1. The molecule has 1 aliphatic rings. The van der Waals surface area contributed by atoms with Crippen molar-refractivity contribution in [3.8, 4) is 0 Å². The molecule has 1 unspecified atom stereocenters. The minimum Gasteiger partial charge on any atom is -0.353 e. The molecular weight excluding hydrogens is 178 g/mol. The van der Waals surface area contributed by atoms with E-state index in [0.717, 1.165) is 19.5 Å². The van der Waals surface area contributed by atoms with Crippen LogP contribution in [-0.4, -0.2) is 43.0 Å². The van der Waals surface area contributed by atoms with E-state index >= 15 is 0 Å². The molecule has 4 nitrogen and oxygen atoms in total. The molecule has 0 saturated carbocycles. The summed E-state index contributed by atoms with van der Waals surface area (Å²) in [6.07, 6.45) is 0.969. The molecule has 1 aliphatic heterocycles. The Labute approximate surface area is 85.8 Å². The summed E-state index contributed by atoms with van der Waals surface area (Å²) >= 11 is 0. The molecular formula is C10H21N3O. The van der Waals surface area contributed by atoms with Crippen molar-refractivity contribution < 1.29 is 4.79 Å². The third-order valence-corrected chi connectivity index (χ3v) is 2.74. The van der Waals surface area contributed by atoms with Crippen molar-refractivity contribution in [2.45, 2.75) is 26.3 Å². The standard InChI is InChI=1S/C10H21N3O/c1-8(2)9-6-12-10(14)7-13(9)5-3-4-11/h8-9H,3-7,11H2,1-2H3,(H,12,14). The molecule has 14 heavy (non-hydrogen) atoms. The number of rotatable bonds is 4. The molecule has 0 aromatic carbocycles. The zero-order valence-electron chi connectivity index (χ0n) is 9.12. The lowest BCUT2D eigenvalue weighted by atomic mass is 10.0. The van der Waals surface area contributed by atoms with Gasteiger partial charge in [-0.1, -0.05) is 13.8 Å². The fraction of sp³-hybridized carbons (Fsp3) is 0.900. The number of nitrogens with zero attached hydrogens (tertiary/aromatic N) is 1. The summed E-state index contributed by atoms with van der Waals surface area (Å²) < 4.78 is 0. The van der Waals surface area contributed by atoms with Crippen molar-refractivity contribution in [1.82, 2.24) is 10.2 Å². The normalized spacial score (nSPS) is 24.0. The molecule has 0 radical (unpaired) electrons. The van der Waals surface area contributed by atoms with Crippen LogP contribution in [0.4, 0.5) is 0 Å². The number of piperazine rings is 1. The van der Waals surface area contributed by atoms with Crippen LogP contribution >= 0.6 is 0 Å². The van der Waals surface area contributed by atoms with Gasteiger partial charge >= 0.3 is 0 Å². The highest BCUT2D eigenvalue weighted by atomic mass is 16.2. The van der Waals surface area contributed by atoms with Gasteiger partial charge in [0.2, 0.25) is 5.91 Å². The largest absolute Gasteiger partial charge is 0.353 e. The molecule has 0 aromatic heterocycles. The third-order valence-electron chi connectivity index (χ3n) is 2.74. The van der Waals surface area contributed by atoms with E-state index in [0.29, 0.717) is 25.0 Å². The first-order chi connectivity index (χ1) is 6.65. The Morgan fingerprint density at radius 2 is 2.36 bits per heavy atom. The second kappa shape index (κ2) is 5.32. The molecule has 1 fully saturated rings. The highest BCUT2D eigenvalue weighted by Crippen LogP contribution is 2.13. The van der Waals surface area contributed by atoms with E-state index in [-0.39, 0.29) is 5.91 Å². The molecule has 0 aromatic rings. The summed E-state index contributed by atoms with van der Waals surface area (Å²) in [7, 11) is 0. The topological polar surface area (TPSA) is 58.4 Å². The summed E-state index contributed by atoms with van der Waals surface area (Å²) in [4.78, 5) is 13.5. The molecule has 0 bridgehead atoms. The molecule has 0 aliphatic carbocycles. The van der Waals surface area contributed by atoms with Gasteiger partial charge < -0.3 is 11.1 Å². The Morgan fingerprint density at radius 1 is 1.64 bits per heavy atom. The Hall–Kier alpha value is -0.610. The zero-order valence-corrected chi connectivity index (χ0v) is 9.12. The zero-order chi connectivity index (χ0) is 10.6. The molecule has 1 saturated heterocycles. The number of hydrogen-bond donors (Lipinski definition) is 2. The van der Waals surface area contributed by atoms with E-state index in [1.807, 2.05) is 0 Å². The number of amides is 1. The van der Waals surface area contributed by atoms with Crippen molar-refractivity contribution in [3.63, 3.8) is 0 Å². The van der Waals surface area contributed by atoms with E-state index in [4.69, 9.17) is 5.73 Å². The van der Waals surface area contributed by atoms with Gasteiger partial charge in [-0.2, -0.15) is 0 Å². The Kier molecular flexibility index (Phi) is 4.35. The van der Waals surface area contributed by atoms with Crippen molar-refractivity contribution in [2.75, 3.05) is 26.2 Å². The first-order valence-corrected chi connectivity index (χ1v) is 5.36. The summed E-state index contributed by atoms with van der Waals surface area (Å²) in [5, 5.41) is 2.91. The molecule has 1 atom stereocenters. The Bertz CT molecular complexity index is 194. The highest BCUT2D eigenvalue weighted by molar-refractivity contribution is 5.78. The molecule has 82 valence electrons. The quantitative estimate of drug-likeness (QED) is 0.659. The molecule has 1 amide bonds. The van der Waals surface area contributed by atoms with Crippen LogP contribution in [0.25, 0.3) is 0 Å². The number of carbonyl (C=O) groups excluding carboxylic acids is 1. The molecule has 1 heterocycles. The summed E-state index contributed by atoms with van der Waals surface area (Å²) in [5.41, 5.74) is 5.47. The third kappa shape index (κ3) is 2.96. The molecule has 1 rings (SSSR count). The number of nitrogens with one attached hydrogen (secondary N) is 1. The molecule has 4 heteroatoms. The average molecular weight is 199 g/mol. The van der Waals surface area contributed by atoms with Gasteiger partial charge in [0.1, 0.15) is 0 Å². The van der Waals surface area contributed by atoms with Gasteiger partial charge in [0.15, 0.2) is 0 Å². The minimum atomic E-state index is 0.138. The predicted octanol–water partition coefficient (Wildman–Crippen LogP) is -0.208. The van der Waals surface area contributed by atoms with E-state index in [2.05, 4.69) is 24.1 Å². The number of hydrogen-bond acceptors (Lipinski definition) is 3. The van der Waals surface area contributed by atoms with Crippen molar-refractivity contribution in [2.24, 2.45) is 11.7 Å². The van der Waals surface area contributed by atoms with E-state index in [9.17, 15) is 4.79 Å². The lowest BCUT2D eigenvalue weighted by Crippen LogP contribution is -2.56. The van der Waals surface area contributed by atoms with E-state index in [1.165, 1.54) is 0 Å². The fourth-order valence-electron chi connectivity index (χ4n) is 1.90. The smallest absolute Gasteiger partial charge is 0.234 e. The van der Waals surface area contributed by atoms with E-state index in [1.54, 1.807) is 0 Å². The average Bonchev–Trinajstić information content (AvgIpc) is 2.14. The second-order valence-electron chi connectivity index (χ2n) is 4.23. The Balaban J connectivity index is 2.49. The van der Waals surface area contributed by atoms with E-state index < -0.39 is 0 Å². The lowest BCUT2D eigenvalue weighted by molar-refractivity contribution is -0.126. The van der Waals surface area contributed by atoms with Gasteiger partial charge in [0, 0.05) is 19.1 Å². The van der Waals surface area contributed by atoms with Crippen LogP contribution in [0.5, 0.6) is 0 Å². The van der Waals surface area contributed by atoms with Crippen LogP contribution < -0.4 is 11.1 Å². The maximum absolute atomic E-state index is 11.2. The van der Waals surface area contributed by atoms with Crippen LogP contribution in [0.2, 0.25) is 0 Å². The Morgan fingerprint density at radius 3 is 2.93 bits per heavy atom. The first-order valence-electron chi connectivity index (χ1n) is 5.36. The first kappa shape index (κ1) is 11.5. The molecule has 0 spiro atoms. The van der Waals surface area contributed by atoms with Gasteiger partial charge in [0.05, 0.1) is 6.54 Å². The SMILES string of the molecule is CC(C)C1CNC(=O)CN1CCCN. The van der Waals surface area contributed by atoms with Crippen LogP contribution in [-0.2, 0) is 4.79 Å². The maximum Gasteiger partial charge on any atom is 0.234 e. The monoisotopic (exact) mass is 199 g/mol. The van der Waals surface area contributed by atoms with Gasteiger partial charge in [-0.25, -0.2) is 0 Å². The second-order valence-corrected chi connectivity index (χ2v) is 4.23. The van der Waals surface area contributed by atoms with Crippen molar-refractivity contribution >= 4 is 5.91 Å². The summed E-state index contributed by atoms with van der Waals surface area (Å²) in [6.45, 7) is 7.33. The van der Waals surface area contributed by atoms with Crippen LogP contribution in [0.3, 0.4) is 0 Å².